The Kier molecular flexibility index (Phi) is 3.55. The summed E-state index contributed by atoms with van der Waals surface area (Å²) in [4.78, 5) is 0. The monoisotopic (exact) mass is 436 g/mol. The summed E-state index contributed by atoms with van der Waals surface area (Å²) in [6.07, 6.45) is 10.9. The molecule has 0 heterocycles. The first-order valence-electron chi connectivity index (χ1n) is 13.7. The predicted molar refractivity (Wildman–Crippen MR) is 146 cm³/mol. The Bertz CT molecular complexity index is 1860. The van der Waals surface area contributed by atoms with Crippen molar-refractivity contribution in [2.45, 2.75) is 5.92 Å². The van der Waals surface area contributed by atoms with Gasteiger partial charge in [0.2, 0.25) is 0 Å². The third kappa shape index (κ3) is 2.85. The summed E-state index contributed by atoms with van der Waals surface area (Å²) in [7, 11) is 0. The molecule has 0 amide bonds. The molecule has 0 radical (unpaired) electrons. The van der Waals surface area contributed by atoms with Crippen LogP contribution in [0, 0.1) is 5.92 Å². The minimum atomic E-state index is -0.206. The van der Waals surface area contributed by atoms with Crippen LogP contribution in [-0.2, 0) is 0 Å². The second kappa shape index (κ2) is 7.71. The summed E-state index contributed by atoms with van der Waals surface area (Å²) in [5.74, 6) is 0.219. The highest BCUT2D eigenvalue weighted by Gasteiger charge is 2.32. The molecule has 5 aromatic rings. The fourth-order valence-electron chi connectivity index (χ4n) is 5.73. The first-order chi connectivity index (χ1) is 18.6. The maximum Gasteiger partial charge on any atom is 0.0629 e. The van der Waals surface area contributed by atoms with Gasteiger partial charge in [0.1, 0.15) is 0 Å². The van der Waals surface area contributed by atoms with E-state index in [1.54, 1.807) is 0 Å². The Balaban J connectivity index is 1.71. The second-order valence-electron chi connectivity index (χ2n) is 8.96. The molecule has 0 nitrogen and oxygen atoms in total. The number of hydrogen-bond acceptors (Lipinski definition) is 0. The van der Waals surface area contributed by atoms with E-state index in [0.29, 0.717) is 10.8 Å². The topological polar surface area (TPSA) is 0 Å². The van der Waals surface area contributed by atoms with Crippen molar-refractivity contribution in [2.24, 2.45) is 5.92 Å². The van der Waals surface area contributed by atoms with Crippen LogP contribution >= 0.6 is 0 Å². The van der Waals surface area contributed by atoms with Crippen LogP contribution in [0.25, 0.3) is 44.3 Å². The van der Waals surface area contributed by atoms with Crippen molar-refractivity contribution in [3.05, 3.63) is 144 Å². The van der Waals surface area contributed by atoms with Gasteiger partial charge in [-0.15, -0.1) is 0 Å². The molecular formula is C34H24. The number of hydrogen-bond donors (Lipinski definition) is 0. The molecule has 34 heavy (non-hydrogen) atoms. The van der Waals surface area contributed by atoms with E-state index >= 15 is 0 Å². The quantitative estimate of drug-likeness (QED) is 0.242. The number of fused-ring (bicyclic) bond motifs is 5. The minimum absolute atomic E-state index is 0.000650. The van der Waals surface area contributed by atoms with Crippen molar-refractivity contribution in [2.75, 3.05) is 0 Å². The molecule has 160 valence electrons. The van der Waals surface area contributed by atoms with Crippen LogP contribution < -0.4 is 0 Å². The molecule has 0 fully saturated rings. The van der Waals surface area contributed by atoms with E-state index in [4.69, 9.17) is 5.48 Å². The Morgan fingerprint density at radius 2 is 1.18 bits per heavy atom. The smallest absolute Gasteiger partial charge is 0.0629 e. The van der Waals surface area contributed by atoms with Crippen LogP contribution in [0.3, 0.4) is 0 Å². The van der Waals surface area contributed by atoms with E-state index in [-0.39, 0.29) is 36.0 Å². The molecule has 0 N–H and O–H groups in total. The summed E-state index contributed by atoms with van der Waals surface area (Å²) < 4.78 is 35.4. The van der Waals surface area contributed by atoms with Crippen LogP contribution in [0.15, 0.2) is 127 Å². The Morgan fingerprint density at radius 1 is 0.559 bits per heavy atom. The molecule has 0 aromatic heterocycles. The fourth-order valence-corrected chi connectivity index (χ4v) is 5.73. The highest BCUT2D eigenvalue weighted by Crippen LogP contribution is 2.50. The molecule has 0 saturated carbocycles. The van der Waals surface area contributed by atoms with Crippen molar-refractivity contribution in [3.8, 4) is 11.1 Å². The van der Waals surface area contributed by atoms with Gasteiger partial charge in [-0.3, -0.25) is 0 Å². The average molecular weight is 437 g/mol. The van der Waals surface area contributed by atoms with Gasteiger partial charge in [-0.1, -0.05) is 133 Å². The molecule has 0 saturated heterocycles. The van der Waals surface area contributed by atoms with Crippen molar-refractivity contribution in [1.82, 2.24) is 0 Å². The lowest BCUT2D eigenvalue weighted by Crippen LogP contribution is -2.18. The van der Waals surface area contributed by atoms with E-state index in [2.05, 4.69) is 66.8 Å². The van der Waals surface area contributed by atoms with Crippen molar-refractivity contribution >= 4 is 33.2 Å². The third-order valence-corrected chi connectivity index (χ3v) is 7.16. The first-order valence-corrected chi connectivity index (χ1v) is 11.7. The van der Waals surface area contributed by atoms with Crippen LogP contribution in [-0.4, -0.2) is 0 Å². The summed E-state index contributed by atoms with van der Waals surface area (Å²) in [5.41, 5.74) is 6.19. The van der Waals surface area contributed by atoms with Crippen LogP contribution in [0.2, 0.25) is 0 Å². The van der Waals surface area contributed by atoms with Gasteiger partial charge in [0.25, 0.3) is 0 Å². The minimum Gasteiger partial charge on any atom is -0.0761 e. The molecule has 0 bridgehead atoms. The van der Waals surface area contributed by atoms with Gasteiger partial charge in [0, 0.05) is 11.8 Å². The van der Waals surface area contributed by atoms with Crippen molar-refractivity contribution in [1.29, 1.82) is 0 Å². The SMILES string of the molecule is [2H]c1c([2H])c([2H])c2c(-c3ccccc3)c3ccccc3c(C3=Cc4ccccc4C4C=CC=CC34)c2c1[2H]. The third-order valence-electron chi connectivity index (χ3n) is 7.16. The molecule has 2 aliphatic rings. The lowest BCUT2D eigenvalue weighted by molar-refractivity contribution is 0.710. The summed E-state index contributed by atoms with van der Waals surface area (Å²) in [5, 5.41) is 3.14. The highest BCUT2D eigenvalue weighted by atomic mass is 14.3. The van der Waals surface area contributed by atoms with Gasteiger partial charge < -0.3 is 0 Å². The standard InChI is InChI=1S/C34H24/c1-2-12-23(13-3-1)33-28-18-8-10-20-30(28)34(31-21-11-9-19-29(31)33)32-22-24-14-4-5-15-25(24)26-16-6-7-17-27(26)32/h1-22,26-27H/i8D,10D,18D,20D. The lowest BCUT2D eigenvalue weighted by Gasteiger charge is -2.34. The predicted octanol–water partition coefficient (Wildman–Crippen LogP) is 9.04. The van der Waals surface area contributed by atoms with Gasteiger partial charge in [0.15, 0.2) is 0 Å². The number of benzene rings is 5. The Labute approximate surface area is 205 Å². The molecule has 0 aliphatic heterocycles. The lowest BCUT2D eigenvalue weighted by atomic mass is 9.69. The Morgan fingerprint density at radius 3 is 1.97 bits per heavy atom. The zero-order chi connectivity index (χ0) is 26.0. The largest absolute Gasteiger partial charge is 0.0761 e. The van der Waals surface area contributed by atoms with Crippen LogP contribution in [0.4, 0.5) is 0 Å². The zero-order valence-electron chi connectivity index (χ0n) is 22.5. The molecule has 7 rings (SSSR count). The second-order valence-corrected chi connectivity index (χ2v) is 8.96. The van der Waals surface area contributed by atoms with E-state index in [1.807, 2.05) is 42.5 Å². The molecular weight excluding hydrogens is 408 g/mol. The van der Waals surface area contributed by atoms with Crippen molar-refractivity contribution < 1.29 is 5.48 Å². The fraction of sp³-hybridized carbons (Fsp3) is 0.0588. The molecule has 2 aliphatic carbocycles. The van der Waals surface area contributed by atoms with E-state index in [9.17, 15) is 0 Å². The first kappa shape index (κ1) is 15.6. The van der Waals surface area contributed by atoms with Crippen LogP contribution in [0.5, 0.6) is 0 Å². The summed E-state index contributed by atoms with van der Waals surface area (Å²) >= 11 is 0. The normalized spacial score (nSPS) is 20.2. The van der Waals surface area contributed by atoms with Gasteiger partial charge >= 0.3 is 0 Å². The van der Waals surface area contributed by atoms with Gasteiger partial charge in [0.05, 0.1) is 5.48 Å². The number of allylic oxidation sites excluding steroid dienone is 5. The summed E-state index contributed by atoms with van der Waals surface area (Å²) in [6, 6.07) is 26.2. The highest BCUT2D eigenvalue weighted by molar-refractivity contribution is 6.20. The maximum absolute atomic E-state index is 9.15. The number of rotatable bonds is 2. The van der Waals surface area contributed by atoms with E-state index in [1.165, 1.54) is 5.56 Å². The van der Waals surface area contributed by atoms with E-state index in [0.717, 1.165) is 38.6 Å². The van der Waals surface area contributed by atoms with Gasteiger partial charge in [-0.2, -0.15) is 0 Å². The zero-order valence-corrected chi connectivity index (χ0v) is 18.5. The average Bonchev–Trinajstić information content (AvgIpc) is 2.97. The maximum atomic E-state index is 9.15. The molecule has 2 atom stereocenters. The Hall–Kier alpha value is -4.16. The molecule has 0 heteroatoms. The van der Waals surface area contributed by atoms with E-state index < -0.39 is 0 Å². The molecule has 0 spiro atoms. The van der Waals surface area contributed by atoms with Crippen LogP contribution in [0.1, 0.15) is 28.1 Å². The summed E-state index contributed by atoms with van der Waals surface area (Å²) in [6.45, 7) is 0. The molecule has 2 unspecified atom stereocenters. The molecule has 5 aromatic carbocycles. The van der Waals surface area contributed by atoms with Gasteiger partial charge in [-0.05, 0) is 54.9 Å². The van der Waals surface area contributed by atoms with Gasteiger partial charge in [-0.25, -0.2) is 0 Å². The van der Waals surface area contributed by atoms with Crippen molar-refractivity contribution in [3.63, 3.8) is 0 Å².